The van der Waals surface area contributed by atoms with E-state index in [9.17, 15) is 31.1 Å². The highest BCUT2D eigenvalue weighted by atomic mass is 19.4. The van der Waals surface area contributed by atoms with E-state index >= 15 is 0 Å². The monoisotopic (exact) mass is 479 g/mol. The molecule has 11 heteroatoms. The van der Waals surface area contributed by atoms with Gasteiger partial charge in [-0.25, -0.2) is 4.79 Å². The van der Waals surface area contributed by atoms with Gasteiger partial charge in [-0.3, -0.25) is 4.98 Å². The molecule has 0 saturated carbocycles. The SMILES string of the molecule is O=C(Nc1ccc2occc2c1)NC(c1ccc(C(F)(F)F)cc1)c1ncccc1C(F)(F)F. The van der Waals surface area contributed by atoms with Crippen LogP contribution in [0.15, 0.2) is 77.5 Å². The molecule has 2 aromatic heterocycles. The summed E-state index contributed by atoms with van der Waals surface area (Å²) in [5, 5.41) is 5.58. The van der Waals surface area contributed by atoms with Crippen LogP contribution in [0.5, 0.6) is 0 Å². The van der Waals surface area contributed by atoms with E-state index in [1.807, 2.05) is 0 Å². The van der Waals surface area contributed by atoms with Crippen LogP contribution in [0.4, 0.5) is 36.8 Å². The van der Waals surface area contributed by atoms with Gasteiger partial charge in [0.05, 0.1) is 29.1 Å². The van der Waals surface area contributed by atoms with Gasteiger partial charge in [0.2, 0.25) is 0 Å². The van der Waals surface area contributed by atoms with E-state index < -0.39 is 41.2 Å². The van der Waals surface area contributed by atoms with Gasteiger partial charge < -0.3 is 15.1 Å². The summed E-state index contributed by atoms with van der Waals surface area (Å²) in [4.78, 5) is 16.5. The number of rotatable bonds is 4. The quantitative estimate of drug-likeness (QED) is 0.317. The molecule has 1 atom stereocenters. The first kappa shape index (κ1) is 23.1. The van der Waals surface area contributed by atoms with Crippen molar-refractivity contribution in [2.24, 2.45) is 0 Å². The molecule has 2 amide bonds. The van der Waals surface area contributed by atoms with Crippen LogP contribution in [0, 0.1) is 0 Å². The lowest BCUT2D eigenvalue weighted by Gasteiger charge is -2.23. The van der Waals surface area contributed by atoms with E-state index in [0.29, 0.717) is 16.7 Å². The maximum Gasteiger partial charge on any atom is 0.418 e. The number of carbonyl (C=O) groups excluding carboxylic acids is 1. The minimum atomic E-state index is -4.81. The molecule has 2 N–H and O–H groups in total. The maximum atomic E-state index is 13.6. The summed E-state index contributed by atoms with van der Waals surface area (Å²) in [5.41, 5.74) is -1.79. The van der Waals surface area contributed by atoms with Gasteiger partial charge in [-0.15, -0.1) is 0 Å². The number of urea groups is 1. The number of nitrogens with zero attached hydrogens (tertiary/aromatic N) is 1. The lowest BCUT2D eigenvalue weighted by atomic mass is 9.98. The van der Waals surface area contributed by atoms with Crippen molar-refractivity contribution < 1.29 is 35.6 Å². The van der Waals surface area contributed by atoms with E-state index in [0.717, 1.165) is 42.6 Å². The Labute approximate surface area is 188 Å². The van der Waals surface area contributed by atoms with Crippen LogP contribution in [0.25, 0.3) is 11.0 Å². The fraction of sp³-hybridized carbons (Fsp3) is 0.130. The highest BCUT2D eigenvalue weighted by molar-refractivity contribution is 5.92. The predicted octanol–water partition coefficient (Wildman–Crippen LogP) is 6.78. The van der Waals surface area contributed by atoms with Crippen LogP contribution in [-0.2, 0) is 12.4 Å². The summed E-state index contributed by atoms with van der Waals surface area (Å²) in [7, 11) is 0. The zero-order chi connectivity index (χ0) is 24.5. The smallest absolute Gasteiger partial charge is 0.418 e. The fourth-order valence-electron chi connectivity index (χ4n) is 3.40. The molecule has 0 saturated heterocycles. The molecule has 0 fully saturated rings. The molecular formula is C23H15F6N3O2. The van der Waals surface area contributed by atoms with Gasteiger partial charge in [-0.05, 0) is 54.1 Å². The van der Waals surface area contributed by atoms with Crippen LogP contribution in [0.2, 0.25) is 0 Å². The molecule has 0 aliphatic rings. The number of halogens is 6. The average molecular weight is 479 g/mol. The Hall–Kier alpha value is -4.02. The van der Waals surface area contributed by atoms with E-state index in [4.69, 9.17) is 4.42 Å². The molecule has 0 radical (unpaired) electrons. The highest BCUT2D eigenvalue weighted by Gasteiger charge is 2.37. The number of pyridine rings is 1. The Morgan fingerprint density at radius 2 is 1.65 bits per heavy atom. The number of amides is 2. The number of alkyl halides is 6. The lowest BCUT2D eigenvalue weighted by molar-refractivity contribution is -0.139. The second kappa shape index (κ2) is 8.73. The van der Waals surface area contributed by atoms with Crippen LogP contribution < -0.4 is 10.6 Å². The number of carbonyl (C=O) groups is 1. The summed E-state index contributed by atoms with van der Waals surface area (Å²) in [6, 6.07) is 9.32. The van der Waals surface area contributed by atoms with Crippen molar-refractivity contribution in [3.05, 3.63) is 95.5 Å². The second-order valence-corrected chi connectivity index (χ2v) is 7.26. The van der Waals surface area contributed by atoms with Gasteiger partial charge in [-0.2, -0.15) is 26.3 Å². The zero-order valence-corrected chi connectivity index (χ0v) is 17.0. The number of benzene rings is 2. The third-order valence-electron chi connectivity index (χ3n) is 4.97. The van der Waals surface area contributed by atoms with Gasteiger partial charge in [0.15, 0.2) is 0 Å². The van der Waals surface area contributed by atoms with Crippen molar-refractivity contribution in [3.8, 4) is 0 Å². The molecular weight excluding hydrogens is 464 g/mol. The van der Waals surface area contributed by atoms with E-state index in [1.54, 1.807) is 18.2 Å². The van der Waals surface area contributed by atoms with Crippen LogP contribution >= 0.6 is 0 Å². The van der Waals surface area contributed by atoms with Crippen molar-refractivity contribution in [3.63, 3.8) is 0 Å². The van der Waals surface area contributed by atoms with E-state index in [-0.39, 0.29) is 5.56 Å². The van der Waals surface area contributed by atoms with Crippen molar-refractivity contribution >= 4 is 22.7 Å². The second-order valence-electron chi connectivity index (χ2n) is 7.26. The Bertz CT molecular complexity index is 1310. The number of hydrogen-bond acceptors (Lipinski definition) is 3. The lowest BCUT2D eigenvalue weighted by Crippen LogP contribution is -2.35. The molecule has 4 rings (SSSR count). The van der Waals surface area contributed by atoms with E-state index in [2.05, 4.69) is 15.6 Å². The van der Waals surface area contributed by atoms with Gasteiger partial charge >= 0.3 is 18.4 Å². The zero-order valence-electron chi connectivity index (χ0n) is 17.0. The number of aromatic nitrogens is 1. The Morgan fingerprint density at radius 3 is 2.32 bits per heavy atom. The van der Waals surface area contributed by atoms with Crippen molar-refractivity contribution in [2.75, 3.05) is 5.32 Å². The van der Waals surface area contributed by atoms with Gasteiger partial charge in [0.1, 0.15) is 5.58 Å². The summed E-state index contributed by atoms with van der Waals surface area (Å²) in [6.07, 6.45) is -6.88. The molecule has 1 unspecified atom stereocenters. The first-order valence-electron chi connectivity index (χ1n) is 9.76. The molecule has 2 heterocycles. The number of anilines is 1. The topological polar surface area (TPSA) is 67.2 Å². The van der Waals surface area contributed by atoms with Crippen molar-refractivity contribution in [2.45, 2.75) is 18.4 Å². The molecule has 4 aromatic rings. The largest absolute Gasteiger partial charge is 0.464 e. The number of hydrogen-bond donors (Lipinski definition) is 2. The van der Waals surface area contributed by atoms with Crippen molar-refractivity contribution in [1.82, 2.24) is 10.3 Å². The first-order valence-corrected chi connectivity index (χ1v) is 9.76. The van der Waals surface area contributed by atoms with Gasteiger partial charge in [-0.1, -0.05) is 12.1 Å². The molecule has 2 aromatic carbocycles. The summed E-state index contributed by atoms with van der Waals surface area (Å²) in [5.74, 6) is 0. The standard InChI is InChI=1S/C23H15F6N3O2/c24-22(25,26)15-5-3-13(4-6-15)19(20-17(23(27,28)29)2-1-10-30-20)32-21(33)31-16-7-8-18-14(12-16)9-11-34-18/h1-12,19H,(H2,31,32,33). The summed E-state index contributed by atoms with van der Waals surface area (Å²) < 4.78 is 84.9. The third-order valence-corrected chi connectivity index (χ3v) is 4.97. The van der Waals surface area contributed by atoms with Crippen LogP contribution in [0.3, 0.4) is 0 Å². The highest BCUT2D eigenvalue weighted by Crippen LogP contribution is 2.36. The molecule has 34 heavy (non-hydrogen) atoms. The van der Waals surface area contributed by atoms with Gasteiger partial charge in [0.25, 0.3) is 0 Å². The molecule has 176 valence electrons. The predicted molar refractivity (Wildman–Crippen MR) is 111 cm³/mol. The maximum absolute atomic E-state index is 13.6. The number of fused-ring (bicyclic) bond motifs is 1. The fourth-order valence-corrected chi connectivity index (χ4v) is 3.40. The molecule has 0 spiro atoms. The normalized spacial score (nSPS) is 13.0. The molecule has 5 nitrogen and oxygen atoms in total. The minimum absolute atomic E-state index is 0.0161. The third kappa shape index (κ3) is 4.98. The Kier molecular flexibility index (Phi) is 5.94. The Balaban J connectivity index is 1.68. The molecule has 0 aliphatic heterocycles. The molecule has 0 bridgehead atoms. The minimum Gasteiger partial charge on any atom is -0.464 e. The van der Waals surface area contributed by atoms with Crippen LogP contribution in [-0.4, -0.2) is 11.0 Å². The number of nitrogens with one attached hydrogen (secondary N) is 2. The average Bonchev–Trinajstić information content (AvgIpc) is 3.24. The van der Waals surface area contributed by atoms with E-state index in [1.165, 1.54) is 12.3 Å². The van der Waals surface area contributed by atoms with Crippen molar-refractivity contribution in [1.29, 1.82) is 0 Å². The molecule has 0 aliphatic carbocycles. The van der Waals surface area contributed by atoms with Crippen LogP contribution in [0.1, 0.15) is 28.4 Å². The first-order chi connectivity index (χ1) is 16.0. The summed E-state index contributed by atoms with van der Waals surface area (Å²) in [6.45, 7) is 0. The van der Waals surface area contributed by atoms with Gasteiger partial charge in [0, 0.05) is 17.3 Å². The Morgan fingerprint density at radius 1 is 0.912 bits per heavy atom. The summed E-state index contributed by atoms with van der Waals surface area (Å²) >= 11 is 0. The number of furan rings is 1.